The second-order valence-corrected chi connectivity index (χ2v) is 8.56. The average Bonchev–Trinajstić information content (AvgIpc) is 2.98. The summed E-state index contributed by atoms with van der Waals surface area (Å²) < 4.78 is 27.1. The minimum Gasteiger partial charge on any atom is -0.296 e. The maximum absolute atomic E-state index is 12.7. The van der Waals surface area contributed by atoms with Gasteiger partial charge in [-0.15, -0.1) is 0 Å². The van der Waals surface area contributed by atoms with Crippen LogP contribution >= 0.6 is 0 Å². The topological polar surface area (TPSA) is 69.0 Å². The van der Waals surface area contributed by atoms with Crippen molar-refractivity contribution < 1.29 is 8.42 Å². The zero-order chi connectivity index (χ0) is 17.6. The van der Waals surface area contributed by atoms with E-state index in [0.29, 0.717) is 34.6 Å². The van der Waals surface area contributed by atoms with Crippen LogP contribution in [0.15, 0.2) is 58.2 Å². The number of fused-ring (bicyclic) bond motifs is 2. The zero-order valence-electron chi connectivity index (χ0n) is 13.8. The lowest BCUT2D eigenvalue weighted by Gasteiger charge is -2.12. The molecule has 1 unspecified atom stereocenters. The number of nitrogens with zero attached hydrogens (tertiary/aromatic N) is 2. The van der Waals surface area contributed by atoms with Gasteiger partial charge in [0, 0.05) is 12.5 Å². The molecule has 25 heavy (non-hydrogen) atoms. The van der Waals surface area contributed by atoms with Crippen LogP contribution in [0.4, 0.5) is 0 Å². The molecule has 0 saturated heterocycles. The first-order valence-electron chi connectivity index (χ1n) is 8.24. The normalized spacial score (nSPS) is 16.9. The Morgan fingerprint density at radius 1 is 1.12 bits per heavy atom. The molecule has 4 rings (SSSR count). The molecule has 0 spiro atoms. The van der Waals surface area contributed by atoms with E-state index in [0.717, 1.165) is 5.56 Å². The minimum absolute atomic E-state index is 0.0269. The van der Waals surface area contributed by atoms with Crippen LogP contribution in [-0.2, 0) is 16.4 Å². The number of sulfone groups is 1. The first-order valence-corrected chi connectivity index (χ1v) is 9.90. The first-order chi connectivity index (χ1) is 12.0. The lowest BCUT2D eigenvalue weighted by atomic mass is 10.1. The quantitative estimate of drug-likeness (QED) is 0.725. The van der Waals surface area contributed by atoms with Gasteiger partial charge in [0.05, 0.1) is 21.6 Å². The number of aromatic nitrogens is 2. The summed E-state index contributed by atoms with van der Waals surface area (Å²) in [6.07, 6.45) is 0.615. The van der Waals surface area contributed by atoms with E-state index in [1.165, 1.54) is 0 Å². The number of para-hydroxylation sites is 1. The largest absolute Gasteiger partial charge is 0.296 e. The van der Waals surface area contributed by atoms with Crippen molar-refractivity contribution in [1.82, 2.24) is 9.55 Å². The maximum atomic E-state index is 12.7. The van der Waals surface area contributed by atoms with Crippen molar-refractivity contribution in [2.45, 2.75) is 30.7 Å². The predicted molar refractivity (Wildman–Crippen MR) is 96.6 cm³/mol. The zero-order valence-corrected chi connectivity index (χ0v) is 14.7. The van der Waals surface area contributed by atoms with Crippen LogP contribution in [-0.4, -0.2) is 23.7 Å². The Bertz CT molecular complexity index is 1120. The number of rotatable bonds is 3. The fourth-order valence-corrected chi connectivity index (χ4v) is 4.98. The van der Waals surface area contributed by atoms with Gasteiger partial charge in [0.15, 0.2) is 9.84 Å². The number of aryl methyl sites for hydroxylation is 1. The molecule has 128 valence electrons. The van der Waals surface area contributed by atoms with Gasteiger partial charge >= 0.3 is 0 Å². The fourth-order valence-electron chi connectivity index (χ4n) is 3.39. The van der Waals surface area contributed by atoms with E-state index >= 15 is 0 Å². The molecular formula is C19H18N2O3S. The van der Waals surface area contributed by atoms with Crippen LogP contribution < -0.4 is 5.56 Å². The average molecular weight is 354 g/mol. The van der Waals surface area contributed by atoms with Crippen LogP contribution in [0, 0.1) is 6.92 Å². The van der Waals surface area contributed by atoms with Gasteiger partial charge < -0.3 is 0 Å². The molecule has 0 saturated carbocycles. The first kappa shape index (κ1) is 16.0. The van der Waals surface area contributed by atoms with Gasteiger partial charge in [-0.25, -0.2) is 13.4 Å². The van der Waals surface area contributed by atoms with E-state index in [9.17, 15) is 13.2 Å². The number of benzene rings is 2. The summed E-state index contributed by atoms with van der Waals surface area (Å²) in [6, 6.07) is 14.1. The van der Waals surface area contributed by atoms with Crippen molar-refractivity contribution in [3.63, 3.8) is 0 Å². The van der Waals surface area contributed by atoms with Crippen molar-refractivity contribution in [2.24, 2.45) is 0 Å². The molecule has 3 aromatic rings. The van der Waals surface area contributed by atoms with Gasteiger partial charge in [-0.3, -0.25) is 9.36 Å². The molecule has 0 N–H and O–H groups in total. The van der Waals surface area contributed by atoms with Gasteiger partial charge in [0.25, 0.3) is 5.56 Å². The SMILES string of the molecule is Cc1ccc(S(=O)(=O)CC2CCn3c2nc2ccccc2c3=O)cc1. The van der Waals surface area contributed by atoms with Gasteiger partial charge in [-0.2, -0.15) is 0 Å². The van der Waals surface area contributed by atoms with Crippen molar-refractivity contribution in [3.05, 3.63) is 70.3 Å². The standard InChI is InChI=1S/C19H18N2O3S/c1-13-6-8-15(9-7-13)25(23,24)12-14-10-11-21-18(14)20-17-5-3-2-4-16(17)19(21)22/h2-9,14H,10-12H2,1H3. The number of hydrogen-bond donors (Lipinski definition) is 0. The monoisotopic (exact) mass is 354 g/mol. The van der Waals surface area contributed by atoms with E-state index in [4.69, 9.17) is 0 Å². The third-order valence-electron chi connectivity index (χ3n) is 4.76. The molecule has 0 aliphatic carbocycles. The summed E-state index contributed by atoms with van der Waals surface area (Å²) in [6.45, 7) is 2.44. The third kappa shape index (κ3) is 2.76. The van der Waals surface area contributed by atoms with E-state index in [2.05, 4.69) is 4.98 Å². The lowest BCUT2D eigenvalue weighted by Crippen LogP contribution is -2.22. The molecule has 1 aliphatic heterocycles. The van der Waals surface area contributed by atoms with E-state index in [1.807, 2.05) is 19.1 Å². The smallest absolute Gasteiger partial charge is 0.261 e. The Morgan fingerprint density at radius 3 is 2.60 bits per heavy atom. The van der Waals surface area contributed by atoms with Crippen LogP contribution in [0.5, 0.6) is 0 Å². The van der Waals surface area contributed by atoms with E-state index < -0.39 is 9.84 Å². The van der Waals surface area contributed by atoms with Crippen molar-refractivity contribution in [1.29, 1.82) is 0 Å². The van der Waals surface area contributed by atoms with Gasteiger partial charge in [0.2, 0.25) is 0 Å². The van der Waals surface area contributed by atoms with Gasteiger partial charge in [-0.1, -0.05) is 29.8 Å². The molecule has 5 nitrogen and oxygen atoms in total. The molecule has 6 heteroatoms. The molecule has 1 aromatic heterocycles. The Morgan fingerprint density at radius 2 is 1.84 bits per heavy atom. The highest BCUT2D eigenvalue weighted by Gasteiger charge is 2.31. The van der Waals surface area contributed by atoms with Crippen molar-refractivity contribution in [2.75, 3.05) is 5.75 Å². The van der Waals surface area contributed by atoms with E-state index in [-0.39, 0.29) is 17.2 Å². The fraction of sp³-hybridized carbons (Fsp3) is 0.263. The van der Waals surface area contributed by atoms with E-state index in [1.54, 1.807) is 41.0 Å². The highest BCUT2D eigenvalue weighted by atomic mass is 32.2. The Kier molecular flexibility index (Phi) is 3.72. The van der Waals surface area contributed by atoms with Gasteiger partial charge in [-0.05, 0) is 37.6 Å². The molecule has 0 bridgehead atoms. The molecule has 2 heterocycles. The number of hydrogen-bond acceptors (Lipinski definition) is 4. The van der Waals surface area contributed by atoms with Crippen LogP contribution in [0.3, 0.4) is 0 Å². The minimum atomic E-state index is -3.42. The summed E-state index contributed by atoms with van der Waals surface area (Å²) in [5, 5.41) is 0.577. The van der Waals surface area contributed by atoms with Crippen molar-refractivity contribution >= 4 is 20.7 Å². The highest BCUT2D eigenvalue weighted by Crippen LogP contribution is 2.29. The van der Waals surface area contributed by atoms with Crippen LogP contribution in [0.1, 0.15) is 23.7 Å². The summed E-state index contributed by atoms with van der Waals surface area (Å²) in [5.41, 5.74) is 1.55. The summed E-state index contributed by atoms with van der Waals surface area (Å²) in [4.78, 5) is 17.5. The van der Waals surface area contributed by atoms with Crippen LogP contribution in [0.2, 0.25) is 0 Å². The van der Waals surface area contributed by atoms with Gasteiger partial charge in [0.1, 0.15) is 5.82 Å². The molecule has 1 atom stereocenters. The molecule has 1 aliphatic rings. The second-order valence-electron chi connectivity index (χ2n) is 6.52. The molecule has 2 aromatic carbocycles. The third-order valence-corrected chi connectivity index (χ3v) is 6.59. The molecular weight excluding hydrogens is 336 g/mol. The van der Waals surface area contributed by atoms with Crippen LogP contribution in [0.25, 0.3) is 10.9 Å². The predicted octanol–water partition coefficient (Wildman–Crippen LogP) is 2.67. The molecule has 0 amide bonds. The summed E-state index contributed by atoms with van der Waals surface area (Å²) in [7, 11) is -3.42. The lowest BCUT2D eigenvalue weighted by molar-refractivity contribution is 0.585. The Hall–Kier alpha value is -2.47. The molecule has 0 fully saturated rings. The molecule has 0 radical (unpaired) electrons. The highest BCUT2D eigenvalue weighted by molar-refractivity contribution is 7.91. The maximum Gasteiger partial charge on any atom is 0.261 e. The Labute approximate surface area is 145 Å². The summed E-state index contributed by atoms with van der Waals surface area (Å²) >= 11 is 0. The van der Waals surface area contributed by atoms with Crippen molar-refractivity contribution in [3.8, 4) is 0 Å². The summed E-state index contributed by atoms with van der Waals surface area (Å²) in [5.74, 6) is 0.295. The second kappa shape index (κ2) is 5.81. The Balaban J connectivity index is 1.73.